The van der Waals surface area contributed by atoms with Gasteiger partial charge in [0, 0.05) is 43.4 Å². The minimum absolute atomic E-state index is 0.0776. The predicted molar refractivity (Wildman–Crippen MR) is 123 cm³/mol. The first-order valence-corrected chi connectivity index (χ1v) is 12.3. The largest absolute Gasteiger partial charge is 0.355 e. The number of pyridine rings is 1. The van der Waals surface area contributed by atoms with E-state index in [4.69, 9.17) is 11.6 Å². The van der Waals surface area contributed by atoms with Crippen LogP contribution in [-0.4, -0.2) is 61.8 Å². The molecule has 0 unspecified atom stereocenters. The zero-order chi connectivity index (χ0) is 23.1. The zero-order valence-corrected chi connectivity index (χ0v) is 19.1. The van der Waals surface area contributed by atoms with Crippen LogP contribution in [0.25, 0.3) is 0 Å². The van der Waals surface area contributed by atoms with Crippen LogP contribution >= 0.6 is 11.6 Å². The Bertz CT molecular complexity index is 1100. The summed E-state index contributed by atoms with van der Waals surface area (Å²) < 4.78 is 27.4. The Hall–Kier alpha value is -2.98. The lowest BCUT2D eigenvalue weighted by atomic mass is 10.1. The van der Waals surface area contributed by atoms with Gasteiger partial charge in [0.15, 0.2) is 0 Å². The summed E-state index contributed by atoms with van der Waals surface area (Å²) in [5.41, 5.74) is 1.03. The monoisotopic (exact) mass is 477 g/mol. The maximum atomic E-state index is 12.4. The molecular weight excluding hydrogens is 454 g/mol. The lowest BCUT2D eigenvalue weighted by Gasteiger charge is -2.20. The number of anilines is 1. The molecule has 3 rings (SSSR count). The molecule has 0 radical (unpaired) electrons. The fourth-order valence-electron chi connectivity index (χ4n) is 3.20. The first-order chi connectivity index (χ1) is 15.2. The van der Waals surface area contributed by atoms with Gasteiger partial charge in [-0.2, -0.15) is 0 Å². The van der Waals surface area contributed by atoms with E-state index < -0.39 is 10.0 Å². The van der Waals surface area contributed by atoms with Crippen molar-refractivity contribution in [3.05, 3.63) is 58.7 Å². The normalized spacial score (nSPS) is 14.3. The first-order valence-electron chi connectivity index (χ1n) is 10.1. The molecule has 2 heterocycles. The van der Waals surface area contributed by atoms with Gasteiger partial charge in [-0.1, -0.05) is 23.7 Å². The van der Waals surface area contributed by atoms with Crippen LogP contribution in [0, 0.1) is 0 Å². The molecule has 170 valence electrons. The average Bonchev–Trinajstić information content (AvgIpc) is 3.28. The third kappa shape index (κ3) is 7.03. The highest BCUT2D eigenvalue weighted by molar-refractivity contribution is 7.89. The molecular formula is C21H24ClN5O4S. The Morgan fingerprint density at radius 2 is 1.75 bits per heavy atom. The molecule has 0 spiro atoms. The fourth-order valence-corrected chi connectivity index (χ4v) is 3.84. The van der Waals surface area contributed by atoms with Gasteiger partial charge in [-0.15, -0.1) is 4.40 Å². The molecule has 32 heavy (non-hydrogen) atoms. The van der Waals surface area contributed by atoms with Gasteiger partial charge in [-0.05, 0) is 37.1 Å². The molecule has 0 saturated carbocycles. The average molecular weight is 478 g/mol. The minimum atomic E-state index is -3.56. The van der Waals surface area contributed by atoms with Crippen molar-refractivity contribution in [3.63, 3.8) is 0 Å². The van der Waals surface area contributed by atoms with Gasteiger partial charge in [0.1, 0.15) is 11.7 Å². The molecule has 0 aliphatic carbocycles. The van der Waals surface area contributed by atoms with Gasteiger partial charge in [-0.3, -0.25) is 9.59 Å². The van der Waals surface area contributed by atoms with E-state index in [9.17, 15) is 18.0 Å². The fraction of sp³-hybridized carbons (Fsp3) is 0.333. The number of hydrogen-bond donors (Lipinski definition) is 2. The van der Waals surface area contributed by atoms with Crippen molar-refractivity contribution in [2.24, 2.45) is 4.40 Å². The maximum absolute atomic E-state index is 12.4. The van der Waals surface area contributed by atoms with Crippen LogP contribution in [0.4, 0.5) is 5.82 Å². The Morgan fingerprint density at radius 3 is 2.34 bits per heavy atom. The van der Waals surface area contributed by atoms with E-state index >= 15 is 0 Å². The summed E-state index contributed by atoms with van der Waals surface area (Å²) in [6.07, 6.45) is 4.52. The van der Waals surface area contributed by atoms with E-state index in [0.717, 1.165) is 32.2 Å². The van der Waals surface area contributed by atoms with E-state index in [1.54, 1.807) is 36.4 Å². The van der Waals surface area contributed by atoms with Crippen molar-refractivity contribution in [2.45, 2.75) is 19.3 Å². The summed E-state index contributed by atoms with van der Waals surface area (Å²) in [7, 11) is -3.56. The molecule has 2 N–H and O–H groups in total. The van der Waals surface area contributed by atoms with Gasteiger partial charge >= 0.3 is 0 Å². The third-order valence-electron chi connectivity index (χ3n) is 4.70. The van der Waals surface area contributed by atoms with E-state index in [1.165, 1.54) is 6.20 Å². The van der Waals surface area contributed by atoms with Gasteiger partial charge in [0.25, 0.3) is 15.9 Å². The lowest BCUT2D eigenvalue weighted by molar-refractivity contribution is -0.116. The molecule has 9 nitrogen and oxygen atoms in total. The topological polar surface area (TPSA) is 121 Å². The lowest BCUT2D eigenvalue weighted by Crippen LogP contribution is -2.30. The molecule has 1 aromatic heterocycles. The summed E-state index contributed by atoms with van der Waals surface area (Å²) >= 11 is 5.75. The SMILES string of the molecule is CS(=O)(=O)N=C(c1ccc(C(=O)NCCC(=O)Nc2ccc(Cl)cn2)cc1)N1CCCC1. The van der Waals surface area contributed by atoms with Crippen molar-refractivity contribution >= 4 is 45.1 Å². The number of amidine groups is 1. The van der Waals surface area contributed by atoms with Crippen molar-refractivity contribution in [1.29, 1.82) is 0 Å². The van der Waals surface area contributed by atoms with Crippen LogP contribution in [0.15, 0.2) is 47.0 Å². The third-order valence-corrected chi connectivity index (χ3v) is 5.42. The van der Waals surface area contributed by atoms with Crippen LogP contribution in [0.5, 0.6) is 0 Å². The summed E-state index contributed by atoms with van der Waals surface area (Å²) in [6, 6.07) is 9.77. The summed E-state index contributed by atoms with van der Waals surface area (Å²) in [6.45, 7) is 1.63. The minimum Gasteiger partial charge on any atom is -0.355 e. The standard InChI is InChI=1S/C21H24ClN5O4S/c1-32(30,31)26-20(27-12-2-3-13-27)15-4-6-16(7-5-15)21(29)23-11-10-19(28)25-18-9-8-17(22)14-24-18/h4-9,14H,2-3,10-13H2,1H3,(H,23,29)(H,24,25,28). The van der Waals surface area contributed by atoms with E-state index in [-0.39, 0.29) is 24.8 Å². The number of carbonyl (C=O) groups is 2. The number of likely N-dealkylation sites (tertiary alicyclic amines) is 1. The van der Waals surface area contributed by atoms with Gasteiger partial charge in [0.05, 0.1) is 11.3 Å². The molecule has 11 heteroatoms. The van der Waals surface area contributed by atoms with Gasteiger partial charge < -0.3 is 15.5 Å². The number of carbonyl (C=O) groups excluding carboxylic acids is 2. The quantitative estimate of drug-likeness (QED) is 0.466. The van der Waals surface area contributed by atoms with Crippen molar-refractivity contribution in [1.82, 2.24) is 15.2 Å². The van der Waals surface area contributed by atoms with Crippen LogP contribution in [0.2, 0.25) is 5.02 Å². The summed E-state index contributed by atoms with van der Waals surface area (Å²) in [5.74, 6) is 0.148. The molecule has 1 saturated heterocycles. The smallest absolute Gasteiger partial charge is 0.252 e. The molecule has 0 atom stereocenters. The van der Waals surface area contributed by atoms with Gasteiger partial charge in [-0.25, -0.2) is 13.4 Å². The summed E-state index contributed by atoms with van der Waals surface area (Å²) in [4.78, 5) is 30.3. The molecule has 1 aromatic carbocycles. The van der Waals surface area contributed by atoms with E-state index in [2.05, 4.69) is 20.0 Å². The second-order valence-electron chi connectivity index (χ2n) is 7.34. The number of aromatic nitrogens is 1. The highest BCUT2D eigenvalue weighted by Crippen LogP contribution is 2.16. The molecule has 2 amide bonds. The Labute approximate surface area is 191 Å². The number of halogens is 1. The number of benzene rings is 1. The maximum Gasteiger partial charge on any atom is 0.252 e. The molecule has 1 aliphatic heterocycles. The number of hydrogen-bond acceptors (Lipinski definition) is 5. The number of amides is 2. The molecule has 0 bridgehead atoms. The molecule has 1 aliphatic rings. The van der Waals surface area contributed by atoms with Crippen molar-refractivity contribution in [3.8, 4) is 0 Å². The number of sulfonamides is 1. The molecule has 1 fully saturated rings. The first kappa shape index (κ1) is 23.7. The van der Waals surface area contributed by atoms with E-state index in [1.807, 2.05) is 4.90 Å². The Kier molecular flexibility index (Phi) is 7.81. The zero-order valence-electron chi connectivity index (χ0n) is 17.5. The number of nitrogens with one attached hydrogen (secondary N) is 2. The Balaban J connectivity index is 1.56. The van der Waals surface area contributed by atoms with Crippen molar-refractivity contribution < 1.29 is 18.0 Å². The number of rotatable bonds is 7. The summed E-state index contributed by atoms with van der Waals surface area (Å²) in [5, 5.41) is 5.78. The van der Waals surface area contributed by atoms with Gasteiger partial charge in [0.2, 0.25) is 5.91 Å². The number of nitrogens with zero attached hydrogens (tertiary/aromatic N) is 3. The second kappa shape index (κ2) is 10.6. The second-order valence-corrected chi connectivity index (χ2v) is 9.42. The van der Waals surface area contributed by atoms with Crippen molar-refractivity contribution in [2.75, 3.05) is 31.2 Å². The van der Waals surface area contributed by atoms with Crippen LogP contribution in [0.3, 0.4) is 0 Å². The van der Waals surface area contributed by atoms with E-state index in [0.29, 0.717) is 27.8 Å². The highest BCUT2D eigenvalue weighted by atomic mass is 35.5. The van der Waals surface area contributed by atoms with Crippen LogP contribution < -0.4 is 10.6 Å². The highest BCUT2D eigenvalue weighted by Gasteiger charge is 2.20. The molecule has 2 aromatic rings. The van der Waals surface area contributed by atoms with Crippen LogP contribution in [0.1, 0.15) is 35.2 Å². The van der Waals surface area contributed by atoms with Crippen LogP contribution in [-0.2, 0) is 14.8 Å². The predicted octanol–water partition coefficient (Wildman–Crippen LogP) is 2.30. The Morgan fingerprint density at radius 1 is 1.09 bits per heavy atom.